The number of terminal acetylenes is 1. The highest BCUT2D eigenvalue weighted by Gasteiger charge is 2.24. The SMILES string of the molecule is C#Cc1ccc2c(ccn2COCC[Si](C)(C)C)c1.CCC#Cc1ccc2c(ccn2COCC[Si](C)(C)C)c1.FC(F)(F)CI. The first kappa shape index (κ1) is 39.7. The maximum atomic E-state index is 10.8. The van der Waals surface area contributed by atoms with Crippen molar-refractivity contribution >= 4 is 60.5 Å². The molecule has 2 aromatic heterocycles. The number of benzene rings is 2. The maximum absolute atomic E-state index is 10.8. The van der Waals surface area contributed by atoms with Crippen LogP contribution in [0.15, 0.2) is 60.9 Å². The van der Waals surface area contributed by atoms with E-state index in [0.29, 0.717) is 13.5 Å². The molecule has 46 heavy (non-hydrogen) atoms. The standard InChI is InChI=1S/C18H25NOSi.C16H21NOSi.C2H2F3I/c1-5-6-7-16-8-9-18-17(14-16)10-11-19(18)15-20-12-13-21(2,3)4;1-5-14-6-7-16-15(12-14)8-9-17(16)13-18-10-11-19(2,3)4;3-2(4,5)1-6/h8-11,14H,5,12-13,15H2,1-4H3;1,6-9,12H,10-11,13H2,2-4H3;1H2. The lowest BCUT2D eigenvalue weighted by Gasteiger charge is -2.15. The summed E-state index contributed by atoms with van der Waals surface area (Å²) in [6, 6.07) is 19.1. The molecule has 0 N–H and O–H groups in total. The molecule has 0 unspecified atom stereocenters. The van der Waals surface area contributed by atoms with Gasteiger partial charge in [0.15, 0.2) is 0 Å². The summed E-state index contributed by atoms with van der Waals surface area (Å²) in [5.74, 6) is 8.95. The molecule has 2 aromatic carbocycles. The van der Waals surface area contributed by atoms with Crippen LogP contribution in [-0.4, -0.2) is 49.1 Å². The van der Waals surface area contributed by atoms with Gasteiger partial charge in [0.1, 0.15) is 13.5 Å². The molecule has 0 aliphatic rings. The van der Waals surface area contributed by atoms with E-state index in [2.05, 4.69) is 122 Å². The van der Waals surface area contributed by atoms with Crippen LogP contribution in [0.25, 0.3) is 21.8 Å². The summed E-state index contributed by atoms with van der Waals surface area (Å²) in [5, 5.41) is 2.40. The summed E-state index contributed by atoms with van der Waals surface area (Å²) in [6.07, 6.45) is 6.48. The van der Waals surface area contributed by atoms with Crippen LogP contribution < -0.4 is 0 Å². The summed E-state index contributed by atoms with van der Waals surface area (Å²) >= 11 is 1.27. The normalized spacial score (nSPS) is 11.6. The molecule has 10 heteroatoms. The van der Waals surface area contributed by atoms with E-state index in [9.17, 15) is 13.2 Å². The highest BCUT2D eigenvalue weighted by molar-refractivity contribution is 14.1. The second kappa shape index (κ2) is 18.7. The molecule has 0 saturated carbocycles. The van der Waals surface area contributed by atoms with Gasteiger partial charge >= 0.3 is 6.18 Å². The molecular formula is C36H48F3IN2O2Si2. The van der Waals surface area contributed by atoms with Crippen molar-refractivity contribution < 1.29 is 22.6 Å². The molecule has 250 valence electrons. The lowest BCUT2D eigenvalue weighted by atomic mass is 10.1. The summed E-state index contributed by atoms with van der Waals surface area (Å²) in [7, 11) is -2.00. The number of rotatable bonds is 10. The molecule has 0 aliphatic carbocycles. The van der Waals surface area contributed by atoms with Crippen LogP contribution >= 0.6 is 22.6 Å². The number of nitrogens with zero attached hydrogens (tertiary/aromatic N) is 2. The highest BCUT2D eigenvalue weighted by atomic mass is 127. The fourth-order valence-corrected chi connectivity index (χ4v) is 5.58. The molecule has 0 amide bonds. The van der Waals surface area contributed by atoms with Gasteiger partial charge in [-0.15, -0.1) is 6.42 Å². The van der Waals surface area contributed by atoms with Crippen molar-refractivity contribution in [3.63, 3.8) is 0 Å². The van der Waals surface area contributed by atoms with Crippen molar-refractivity contribution in [1.82, 2.24) is 9.13 Å². The number of halogens is 4. The van der Waals surface area contributed by atoms with Crippen molar-refractivity contribution in [2.24, 2.45) is 0 Å². The number of hydrogen-bond donors (Lipinski definition) is 0. The summed E-state index contributed by atoms with van der Waals surface area (Å²) < 4.78 is 47.5. The van der Waals surface area contributed by atoms with Crippen LogP contribution in [0.1, 0.15) is 24.5 Å². The van der Waals surface area contributed by atoms with Gasteiger partial charge in [0, 0.05) is 70.1 Å². The summed E-state index contributed by atoms with van der Waals surface area (Å²) in [6.45, 7) is 19.2. The van der Waals surface area contributed by atoms with Gasteiger partial charge in [-0.1, -0.05) is 86.6 Å². The molecule has 4 aromatic rings. The minimum atomic E-state index is -3.97. The third-order valence-corrected chi connectivity index (χ3v) is 11.0. The molecule has 0 saturated heterocycles. The first-order valence-electron chi connectivity index (χ1n) is 15.5. The van der Waals surface area contributed by atoms with E-state index in [-0.39, 0.29) is 0 Å². The van der Waals surface area contributed by atoms with Crippen LogP contribution in [0.4, 0.5) is 13.2 Å². The Morgan fingerprint density at radius 2 is 1.20 bits per heavy atom. The molecule has 4 rings (SSSR count). The van der Waals surface area contributed by atoms with Crippen LogP contribution in [0, 0.1) is 24.2 Å². The van der Waals surface area contributed by atoms with Crippen LogP contribution in [0.3, 0.4) is 0 Å². The molecule has 2 heterocycles. The Balaban J connectivity index is 0.000000273. The minimum Gasteiger partial charge on any atom is -0.361 e. The monoisotopic (exact) mass is 780 g/mol. The molecule has 0 aliphatic heterocycles. The zero-order valence-corrected chi connectivity index (χ0v) is 32.4. The zero-order valence-electron chi connectivity index (χ0n) is 28.2. The van der Waals surface area contributed by atoms with Gasteiger partial charge in [-0.3, -0.25) is 0 Å². The zero-order chi connectivity index (χ0) is 34.4. The van der Waals surface area contributed by atoms with Gasteiger partial charge in [-0.25, -0.2) is 0 Å². The average molecular weight is 781 g/mol. The highest BCUT2D eigenvalue weighted by Crippen LogP contribution is 2.20. The van der Waals surface area contributed by atoms with Crippen LogP contribution in [-0.2, 0) is 22.9 Å². The molecule has 4 nitrogen and oxygen atoms in total. The Morgan fingerprint density at radius 3 is 1.59 bits per heavy atom. The van der Waals surface area contributed by atoms with Crippen molar-refractivity contribution in [3.05, 3.63) is 72.1 Å². The Hall–Kier alpha value is -2.49. The fourth-order valence-electron chi connectivity index (χ4n) is 4.07. The molecular weight excluding hydrogens is 732 g/mol. The number of hydrogen-bond acceptors (Lipinski definition) is 2. The maximum Gasteiger partial charge on any atom is 0.397 e. The number of aromatic nitrogens is 2. The molecule has 0 spiro atoms. The van der Waals surface area contributed by atoms with Gasteiger partial charge in [-0.05, 0) is 60.6 Å². The number of fused-ring (bicyclic) bond motifs is 2. The Bertz CT molecular complexity index is 1610. The summed E-state index contributed by atoms with van der Waals surface area (Å²) in [4.78, 5) is 0. The lowest BCUT2D eigenvalue weighted by molar-refractivity contribution is -0.102. The Morgan fingerprint density at radius 1 is 0.761 bits per heavy atom. The predicted octanol–water partition coefficient (Wildman–Crippen LogP) is 10.6. The minimum absolute atomic E-state index is 0.614. The van der Waals surface area contributed by atoms with Gasteiger partial charge in [0.05, 0.1) is 15.5 Å². The van der Waals surface area contributed by atoms with Crippen LogP contribution in [0.2, 0.25) is 51.4 Å². The number of alkyl halides is 4. The van der Waals surface area contributed by atoms with Gasteiger partial charge in [0.2, 0.25) is 0 Å². The topological polar surface area (TPSA) is 28.3 Å². The fraction of sp³-hybridized carbons (Fsp3) is 0.444. The van der Waals surface area contributed by atoms with E-state index < -0.39 is 26.8 Å². The van der Waals surface area contributed by atoms with Gasteiger partial charge < -0.3 is 18.6 Å². The van der Waals surface area contributed by atoms with Crippen molar-refractivity contribution in [1.29, 1.82) is 0 Å². The van der Waals surface area contributed by atoms with Crippen molar-refractivity contribution in [2.75, 3.05) is 17.6 Å². The largest absolute Gasteiger partial charge is 0.397 e. The molecule has 0 bridgehead atoms. The first-order chi connectivity index (χ1) is 21.5. The Kier molecular flexibility index (Phi) is 16.2. The quantitative estimate of drug-likeness (QED) is 0.0527. The third kappa shape index (κ3) is 15.4. The average Bonchev–Trinajstić information content (AvgIpc) is 3.58. The Labute approximate surface area is 289 Å². The smallest absolute Gasteiger partial charge is 0.361 e. The second-order valence-electron chi connectivity index (χ2n) is 13.4. The van der Waals surface area contributed by atoms with E-state index in [1.54, 1.807) is 0 Å². The van der Waals surface area contributed by atoms with E-state index in [1.807, 2.05) is 12.1 Å². The predicted molar refractivity (Wildman–Crippen MR) is 202 cm³/mol. The number of ether oxygens (including phenoxy) is 2. The van der Waals surface area contributed by atoms with E-state index in [0.717, 1.165) is 30.8 Å². The van der Waals surface area contributed by atoms with E-state index >= 15 is 0 Å². The van der Waals surface area contributed by atoms with E-state index in [4.69, 9.17) is 15.9 Å². The first-order valence-corrected chi connectivity index (χ1v) is 24.4. The van der Waals surface area contributed by atoms with Crippen molar-refractivity contribution in [2.45, 2.75) is 84.4 Å². The van der Waals surface area contributed by atoms with Crippen LogP contribution in [0.5, 0.6) is 0 Å². The lowest BCUT2D eigenvalue weighted by Crippen LogP contribution is -2.21. The molecule has 0 fully saturated rings. The van der Waals surface area contributed by atoms with E-state index in [1.165, 1.54) is 56.5 Å². The van der Waals surface area contributed by atoms with Crippen molar-refractivity contribution in [3.8, 4) is 24.2 Å². The second-order valence-corrected chi connectivity index (χ2v) is 25.4. The third-order valence-electron chi connectivity index (χ3n) is 6.72. The summed E-state index contributed by atoms with van der Waals surface area (Å²) in [5.41, 5.74) is 4.39. The molecule has 0 radical (unpaired) electrons. The van der Waals surface area contributed by atoms with Gasteiger partial charge in [0.25, 0.3) is 0 Å². The molecule has 0 atom stereocenters. The van der Waals surface area contributed by atoms with Gasteiger partial charge in [-0.2, -0.15) is 13.2 Å².